The van der Waals surface area contributed by atoms with Crippen LogP contribution in [0.2, 0.25) is 0 Å². The largest absolute Gasteiger partial charge is 0.351 e. The zero-order valence-corrected chi connectivity index (χ0v) is 19.5. The number of hydrogen-bond acceptors (Lipinski definition) is 5. The summed E-state index contributed by atoms with van der Waals surface area (Å²) in [5.41, 5.74) is 2.38. The molecule has 1 saturated heterocycles. The molecule has 2 amide bonds. The predicted octanol–water partition coefficient (Wildman–Crippen LogP) is 3.68. The van der Waals surface area contributed by atoms with E-state index in [0.717, 1.165) is 24.8 Å². The number of likely N-dealkylation sites (tertiary alicyclic amines) is 1. The lowest BCUT2D eigenvalue weighted by atomic mass is 9.87. The number of benzene rings is 1. The van der Waals surface area contributed by atoms with Crippen LogP contribution in [0.3, 0.4) is 0 Å². The Bertz CT molecular complexity index is 1040. The van der Waals surface area contributed by atoms with Crippen LogP contribution in [0.1, 0.15) is 63.6 Å². The molecule has 2 aliphatic rings. The van der Waals surface area contributed by atoms with Crippen LogP contribution in [0.25, 0.3) is 0 Å². The van der Waals surface area contributed by atoms with Gasteiger partial charge in [-0.05, 0) is 54.9 Å². The first-order valence-electron chi connectivity index (χ1n) is 11.6. The van der Waals surface area contributed by atoms with Crippen molar-refractivity contribution in [3.63, 3.8) is 0 Å². The highest BCUT2D eigenvalue weighted by molar-refractivity contribution is 6.04. The molecule has 1 aromatic carbocycles. The van der Waals surface area contributed by atoms with Crippen LogP contribution in [0, 0.1) is 11.5 Å². The van der Waals surface area contributed by atoms with Gasteiger partial charge in [0.2, 0.25) is 5.91 Å². The molecular formula is C26H31N5O2. The normalized spacial score (nSPS) is 19.0. The van der Waals surface area contributed by atoms with E-state index < -0.39 is 12.1 Å². The summed E-state index contributed by atoms with van der Waals surface area (Å²) >= 11 is 0. The molecule has 7 nitrogen and oxygen atoms in total. The van der Waals surface area contributed by atoms with Crippen molar-refractivity contribution in [2.75, 3.05) is 11.4 Å². The minimum absolute atomic E-state index is 0.0392. The van der Waals surface area contributed by atoms with Crippen molar-refractivity contribution < 1.29 is 9.59 Å². The maximum atomic E-state index is 14.0. The van der Waals surface area contributed by atoms with Gasteiger partial charge in [0.05, 0.1) is 0 Å². The number of pyridine rings is 1. The molecule has 2 heterocycles. The van der Waals surface area contributed by atoms with Crippen molar-refractivity contribution in [1.82, 2.24) is 15.2 Å². The molecule has 1 N–H and O–H groups in total. The summed E-state index contributed by atoms with van der Waals surface area (Å²) in [7, 11) is 0. The minimum Gasteiger partial charge on any atom is -0.351 e. The number of nitriles is 1. The molecule has 0 spiro atoms. The van der Waals surface area contributed by atoms with Crippen molar-refractivity contribution in [3.05, 3.63) is 59.9 Å². The molecule has 2 atom stereocenters. The average molecular weight is 446 g/mol. The van der Waals surface area contributed by atoms with Crippen LogP contribution >= 0.6 is 0 Å². The summed E-state index contributed by atoms with van der Waals surface area (Å²) < 4.78 is 0. The first kappa shape index (κ1) is 22.8. The quantitative estimate of drug-likeness (QED) is 0.685. The van der Waals surface area contributed by atoms with Crippen molar-refractivity contribution in [3.8, 4) is 6.19 Å². The Labute approximate surface area is 195 Å². The van der Waals surface area contributed by atoms with E-state index in [0.29, 0.717) is 24.2 Å². The molecule has 1 aliphatic carbocycles. The number of anilines is 1. The minimum atomic E-state index is -0.867. The maximum Gasteiger partial charge on any atom is 0.251 e. The number of hydrogen-bond donors (Lipinski definition) is 1. The second kappa shape index (κ2) is 9.22. The monoisotopic (exact) mass is 445 g/mol. The Morgan fingerprint density at radius 3 is 2.48 bits per heavy atom. The topological polar surface area (TPSA) is 89.3 Å². The van der Waals surface area contributed by atoms with Gasteiger partial charge in [0.1, 0.15) is 12.1 Å². The van der Waals surface area contributed by atoms with E-state index in [1.807, 2.05) is 30.3 Å². The molecule has 0 bridgehead atoms. The van der Waals surface area contributed by atoms with Crippen molar-refractivity contribution in [2.24, 2.45) is 0 Å². The molecule has 2 aromatic rings. The van der Waals surface area contributed by atoms with Gasteiger partial charge in [-0.1, -0.05) is 39.0 Å². The lowest BCUT2D eigenvalue weighted by Crippen LogP contribution is -2.50. The summed E-state index contributed by atoms with van der Waals surface area (Å²) in [6.45, 7) is 6.96. The third kappa shape index (κ3) is 5.00. The Morgan fingerprint density at radius 2 is 1.91 bits per heavy atom. The van der Waals surface area contributed by atoms with Gasteiger partial charge in [-0.15, -0.1) is 0 Å². The van der Waals surface area contributed by atoms with Crippen molar-refractivity contribution in [1.29, 1.82) is 5.26 Å². The predicted molar refractivity (Wildman–Crippen MR) is 126 cm³/mol. The van der Waals surface area contributed by atoms with Crippen LogP contribution in [0.5, 0.6) is 0 Å². The summed E-state index contributed by atoms with van der Waals surface area (Å²) in [6.07, 6.45) is 8.70. The summed E-state index contributed by atoms with van der Waals surface area (Å²) in [5.74, 6) is -0.461. The Balaban J connectivity index is 1.79. The van der Waals surface area contributed by atoms with E-state index in [2.05, 4.69) is 37.3 Å². The smallest absolute Gasteiger partial charge is 0.251 e. The fraction of sp³-hybridized carbons (Fsp3) is 0.462. The first-order valence-corrected chi connectivity index (χ1v) is 11.6. The van der Waals surface area contributed by atoms with Crippen LogP contribution in [0.4, 0.5) is 5.69 Å². The lowest BCUT2D eigenvalue weighted by molar-refractivity contribution is -0.128. The third-order valence-corrected chi connectivity index (χ3v) is 6.35. The standard InChI is InChI=1S/C26H31N5O2/c1-26(2,3)19-8-12-21(13-9-19)31(25(33)22-7-5-15-30(22)17-27)23(18-6-4-14-28-16-18)24(32)29-20-10-11-20/h4,6,8-9,12-14,16,20,22-23H,5,7,10-11,15H2,1-3H3,(H,29,32)/t22-,23?/m1/s1. The zero-order valence-electron chi connectivity index (χ0n) is 19.5. The first-order chi connectivity index (χ1) is 15.8. The molecule has 1 aliphatic heterocycles. The Hall–Kier alpha value is -3.40. The Morgan fingerprint density at radius 1 is 1.18 bits per heavy atom. The van der Waals surface area contributed by atoms with Gasteiger partial charge in [-0.3, -0.25) is 24.4 Å². The van der Waals surface area contributed by atoms with Gasteiger partial charge in [-0.25, -0.2) is 0 Å². The molecule has 172 valence electrons. The van der Waals surface area contributed by atoms with Gasteiger partial charge in [0.25, 0.3) is 5.91 Å². The number of nitrogens with zero attached hydrogens (tertiary/aromatic N) is 4. The number of nitrogens with one attached hydrogen (secondary N) is 1. The van der Waals surface area contributed by atoms with Gasteiger partial charge in [-0.2, -0.15) is 5.26 Å². The highest BCUT2D eigenvalue weighted by atomic mass is 16.2. The summed E-state index contributed by atoms with van der Waals surface area (Å²) in [5, 5.41) is 12.6. The third-order valence-electron chi connectivity index (χ3n) is 6.35. The molecule has 1 aromatic heterocycles. The molecule has 0 radical (unpaired) electrons. The molecule has 7 heteroatoms. The highest BCUT2D eigenvalue weighted by Crippen LogP contribution is 2.33. The second-order valence-electron chi connectivity index (χ2n) is 9.93. The van der Waals surface area contributed by atoms with Crippen molar-refractivity contribution >= 4 is 17.5 Å². The van der Waals surface area contributed by atoms with Crippen molar-refractivity contribution in [2.45, 2.75) is 70.0 Å². The summed E-state index contributed by atoms with van der Waals surface area (Å²) in [4.78, 5) is 34.8. The fourth-order valence-corrected chi connectivity index (χ4v) is 4.29. The van der Waals surface area contributed by atoms with Crippen LogP contribution in [0.15, 0.2) is 48.8 Å². The summed E-state index contributed by atoms with van der Waals surface area (Å²) in [6, 6.07) is 10.1. The van der Waals surface area contributed by atoms with Crippen LogP contribution in [-0.2, 0) is 15.0 Å². The van der Waals surface area contributed by atoms with E-state index in [9.17, 15) is 14.9 Å². The number of rotatable bonds is 6. The molecule has 2 fully saturated rings. The van der Waals surface area contributed by atoms with Gasteiger partial charge < -0.3 is 5.32 Å². The number of aromatic nitrogens is 1. The van der Waals surface area contributed by atoms with E-state index >= 15 is 0 Å². The Kier molecular flexibility index (Phi) is 6.37. The fourth-order valence-electron chi connectivity index (χ4n) is 4.29. The van der Waals surface area contributed by atoms with E-state index in [-0.39, 0.29) is 23.3 Å². The molecule has 33 heavy (non-hydrogen) atoms. The average Bonchev–Trinajstić information content (AvgIpc) is 3.48. The molecule has 4 rings (SSSR count). The van der Waals surface area contributed by atoms with Crippen LogP contribution < -0.4 is 10.2 Å². The maximum absolute atomic E-state index is 14.0. The number of carbonyl (C=O) groups is 2. The lowest BCUT2D eigenvalue weighted by Gasteiger charge is -2.34. The number of amides is 2. The SMILES string of the molecule is CC(C)(C)c1ccc(N(C(=O)[C@H]2CCCN2C#N)C(C(=O)NC2CC2)c2cccnc2)cc1. The molecular weight excluding hydrogens is 414 g/mol. The highest BCUT2D eigenvalue weighted by Gasteiger charge is 2.41. The van der Waals surface area contributed by atoms with Gasteiger partial charge in [0.15, 0.2) is 6.19 Å². The van der Waals surface area contributed by atoms with Gasteiger partial charge in [0, 0.05) is 36.2 Å². The molecule has 1 saturated carbocycles. The van der Waals surface area contributed by atoms with E-state index in [1.54, 1.807) is 23.4 Å². The van der Waals surface area contributed by atoms with E-state index in [4.69, 9.17) is 0 Å². The second-order valence-corrected chi connectivity index (χ2v) is 9.93. The van der Waals surface area contributed by atoms with Crippen LogP contribution in [-0.4, -0.2) is 40.3 Å². The zero-order chi connectivity index (χ0) is 23.6. The number of carbonyl (C=O) groups excluding carboxylic acids is 2. The van der Waals surface area contributed by atoms with Gasteiger partial charge >= 0.3 is 0 Å². The molecule has 1 unspecified atom stereocenters. The van der Waals surface area contributed by atoms with E-state index in [1.165, 1.54) is 4.90 Å².